The van der Waals surface area contributed by atoms with Crippen LogP contribution in [0.25, 0.3) is 0 Å². The summed E-state index contributed by atoms with van der Waals surface area (Å²) in [6.07, 6.45) is 1.42. The van der Waals surface area contributed by atoms with Crippen molar-refractivity contribution in [2.75, 3.05) is 40.0 Å². The largest absolute Gasteiger partial charge is 0.459 e. The van der Waals surface area contributed by atoms with Crippen molar-refractivity contribution in [3.05, 3.63) is 24.2 Å². The molecule has 1 rings (SSSR count). The maximum Gasteiger partial charge on any atom is 0.287 e. The topological polar surface area (TPSA) is 89.8 Å². The number of carbonyl (C=O) groups is 2. The van der Waals surface area contributed by atoms with Gasteiger partial charge >= 0.3 is 0 Å². The molecule has 1 heterocycles. The monoisotopic (exact) mass is 270 g/mol. The molecule has 0 aliphatic rings. The number of furan rings is 1. The Morgan fingerprint density at radius 1 is 1.26 bits per heavy atom. The molecular formula is C12H18N2O5. The van der Waals surface area contributed by atoms with Crippen molar-refractivity contribution in [3.8, 4) is 0 Å². The molecule has 0 fully saturated rings. The fourth-order valence-electron chi connectivity index (χ4n) is 1.23. The fraction of sp³-hybridized carbons (Fsp3) is 0.500. The first-order chi connectivity index (χ1) is 9.24. The number of hydrogen-bond acceptors (Lipinski definition) is 5. The lowest BCUT2D eigenvalue weighted by Gasteiger charge is -2.06. The first kappa shape index (κ1) is 15.2. The van der Waals surface area contributed by atoms with Gasteiger partial charge in [0, 0.05) is 20.2 Å². The maximum atomic E-state index is 11.4. The van der Waals surface area contributed by atoms with Gasteiger partial charge in [-0.15, -0.1) is 0 Å². The van der Waals surface area contributed by atoms with Gasteiger partial charge in [-0.2, -0.15) is 0 Å². The number of amides is 2. The van der Waals surface area contributed by atoms with E-state index in [1.807, 2.05) is 0 Å². The maximum absolute atomic E-state index is 11.4. The molecule has 0 aromatic carbocycles. The molecule has 0 bridgehead atoms. The minimum Gasteiger partial charge on any atom is -0.459 e. The van der Waals surface area contributed by atoms with E-state index in [0.717, 1.165) is 0 Å². The highest BCUT2D eigenvalue weighted by Crippen LogP contribution is 1.98. The van der Waals surface area contributed by atoms with E-state index in [0.29, 0.717) is 26.3 Å². The predicted octanol–water partition coefficient (Wildman–Crippen LogP) is -0.211. The molecule has 0 aliphatic carbocycles. The quantitative estimate of drug-likeness (QED) is 0.606. The molecule has 0 spiro atoms. The molecule has 0 saturated carbocycles. The van der Waals surface area contributed by atoms with Gasteiger partial charge in [0.15, 0.2) is 5.76 Å². The van der Waals surface area contributed by atoms with Gasteiger partial charge in [0.05, 0.1) is 19.5 Å². The summed E-state index contributed by atoms with van der Waals surface area (Å²) in [5, 5.41) is 5.22. The Hall–Kier alpha value is -1.86. The average Bonchev–Trinajstić information content (AvgIpc) is 2.93. The Bertz CT molecular complexity index is 377. The minimum atomic E-state index is -0.310. The van der Waals surface area contributed by atoms with Crippen molar-refractivity contribution < 1.29 is 23.5 Å². The number of methoxy groups -OCH3 is 1. The zero-order valence-corrected chi connectivity index (χ0v) is 10.8. The molecule has 2 N–H and O–H groups in total. The van der Waals surface area contributed by atoms with Crippen LogP contribution in [0.2, 0.25) is 0 Å². The summed E-state index contributed by atoms with van der Waals surface area (Å²) >= 11 is 0. The highest BCUT2D eigenvalue weighted by Gasteiger charge is 2.07. The zero-order chi connectivity index (χ0) is 13.9. The molecule has 0 unspecified atom stereocenters. The van der Waals surface area contributed by atoms with E-state index < -0.39 is 0 Å². The van der Waals surface area contributed by atoms with Crippen molar-refractivity contribution in [1.82, 2.24) is 10.6 Å². The lowest BCUT2D eigenvalue weighted by molar-refractivity contribution is -0.126. The van der Waals surface area contributed by atoms with Crippen LogP contribution in [0.4, 0.5) is 0 Å². The SMILES string of the molecule is COCCOCC(=O)NCCNC(=O)c1ccco1. The Morgan fingerprint density at radius 2 is 2.05 bits per heavy atom. The van der Waals surface area contributed by atoms with E-state index in [-0.39, 0.29) is 24.2 Å². The summed E-state index contributed by atoms with van der Waals surface area (Å²) in [6.45, 7) is 1.46. The molecule has 1 aromatic heterocycles. The van der Waals surface area contributed by atoms with Crippen LogP contribution in [0.3, 0.4) is 0 Å². The highest BCUT2D eigenvalue weighted by molar-refractivity contribution is 5.91. The van der Waals surface area contributed by atoms with Crippen LogP contribution in [-0.2, 0) is 14.3 Å². The normalized spacial score (nSPS) is 10.2. The number of rotatable bonds is 9. The summed E-state index contributed by atoms with van der Waals surface area (Å²) in [5.74, 6) is -0.298. The van der Waals surface area contributed by atoms with Gasteiger partial charge in [0.2, 0.25) is 5.91 Å². The Labute approximate surface area is 111 Å². The molecule has 0 radical (unpaired) electrons. The Morgan fingerprint density at radius 3 is 2.74 bits per heavy atom. The third-order valence-corrected chi connectivity index (χ3v) is 2.14. The zero-order valence-electron chi connectivity index (χ0n) is 10.8. The van der Waals surface area contributed by atoms with Crippen molar-refractivity contribution in [2.24, 2.45) is 0 Å². The second-order valence-electron chi connectivity index (χ2n) is 3.63. The van der Waals surface area contributed by atoms with Crippen molar-refractivity contribution in [3.63, 3.8) is 0 Å². The first-order valence-electron chi connectivity index (χ1n) is 5.89. The van der Waals surface area contributed by atoms with Crippen LogP contribution < -0.4 is 10.6 Å². The standard InChI is InChI=1S/C12H18N2O5/c1-17-7-8-18-9-11(15)13-4-5-14-12(16)10-3-2-6-19-10/h2-3,6H,4-5,7-9H2,1H3,(H,13,15)(H,14,16). The predicted molar refractivity (Wildman–Crippen MR) is 66.7 cm³/mol. The van der Waals surface area contributed by atoms with Gasteiger partial charge in [-0.1, -0.05) is 0 Å². The van der Waals surface area contributed by atoms with E-state index in [4.69, 9.17) is 13.9 Å². The summed E-state index contributed by atoms with van der Waals surface area (Å²) in [6, 6.07) is 3.20. The van der Waals surface area contributed by atoms with E-state index in [1.165, 1.54) is 6.26 Å². The van der Waals surface area contributed by atoms with Crippen LogP contribution in [0.5, 0.6) is 0 Å². The fourth-order valence-corrected chi connectivity index (χ4v) is 1.23. The molecular weight excluding hydrogens is 252 g/mol. The van der Waals surface area contributed by atoms with Crippen LogP contribution in [0.15, 0.2) is 22.8 Å². The summed E-state index contributed by atoms with van der Waals surface area (Å²) < 4.78 is 14.7. The van der Waals surface area contributed by atoms with Gasteiger partial charge in [-0.05, 0) is 12.1 Å². The third kappa shape index (κ3) is 6.58. The second-order valence-corrected chi connectivity index (χ2v) is 3.63. The minimum absolute atomic E-state index is 0.0184. The van der Waals surface area contributed by atoms with Gasteiger partial charge in [0.1, 0.15) is 6.61 Å². The lowest BCUT2D eigenvalue weighted by Crippen LogP contribution is -2.36. The first-order valence-corrected chi connectivity index (χ1v) is 5.89. The van der Waals surface area contributed by atoms with Crippen LogP contribution in [-0.4, -0.2) is 51.8 Å². The van der Waals surface area contributed by atoms with Crippen molar-refractivity contribution >= 4 is 11.8 Å². The van der Waals surface area contributed by atoms with Gasteiger partial charge in [-0.25, -0.2) is 0 Å². The van der Waals surface area contributed by atoms with E-state index >= 15 is 0 Å². The average molecular weight is 270 g/mol. The summed E-state index contributed by atoms with van der Waals surface area (Å²) in [7, 11) is 1.56. The lowest BCUT2D eigenvalue weighted by atomic mass is 10.4. The van der Waals surface area contributed by atoms with Gasteiger partial charge in [0.25, 0.3) is 5.91 Å². The molecule has 0 aliphatic heterocycles. The summed E-state index contributed by atoms with van der Waals surface area (Å²) in [5.41, 5.74) is 0. The third-order valence-electron chi connectivity index (χ3n) is 2.14. The van der Waals surface area contributed by atoms with E-state index in [2.05, 4.69) is 10.6 Å². The number of ether oxygens (including phenoxy) is 2. The molecule has 7 nitrogen and oxygen atoms in total. The van der Waals surface area contributed by atoms with E-state index in [9.17, 15) is 9.59 Å². The Balaban J connectivity index is 2.01. The van der Waals surface area contributed by atoms with Crippen LogP contribution in [0, 0.1) is 0 Å². The summed E-state index contributed by atoms with van der Waals surface area (Å²) in [4.78, 5) is 22.7. The molecule has 19 heavy (non-hydrogen) atoms. The highest BCUT2D eigenvalue weighted by atomic mass is 16.5. The molecule has 2 amide bonds. The number of hydrogen-bond donors (Lipinski definition) is 2. The second kappa shape index (κ2) is 9.12. The molecule has 0 atom stereocenters. The molecule has 7 heteroatoms. The van der Waals surface area contributed by atoms with Gasteiger partial charge in [-0.3, -0.25) is 9.59 Å². The smallest absolute Gasteiger partial charge is 0.287 e. The molecule has 1 aromatic rings. The van der Waals surface area contributed by atoms with Crippen molar-refractivity contribution in [1.29, 1.82) is 0 Å². The van der Waals surface area contributed by atoms with Gasteiger partial charge < -0.3 is 24.5 Å². The van der Waals surface area contributed by atoms with E-state index in [1.54, 1.807) is 19.2 Å². The molecule has 0 saturated heterocycles. The number of nitrogens with one attached hydrogen (secondary N) is 2. The Kier molecular flexibility index (Phi) is 7.30. The van der Waals surface area contributed by atoms with Crippen LogP contribution >= 0.6 is 0 Å². The molecule has 106 valence electrons. The van der Waals surface area contributed by atoms with Crippen LogP contribution in [0.1, 0.15) is 10.6 Å². The number of carbonyl (C=O) groups excluding carboxylic acids is 2. The van der Waals surface area contributed by atoms with Crippen molar-refractivity contribution in [2.45, 2.75) is 0 Å².